The third kappa shape index (κ3) is 1.49. The Kier molecular flexibility index (Phi) is 2.49. The van der Waals surface area contributed by atoms with Gasteiger partial charge in [0.2, 0.25) is 0 Å². The Balaban J connectivity index is 2.74. The molecule has 0 N–H and O–H groups in total. The summed E-state index contributed by atoms with van der Waals surface area (Å²) in [6.45, 7) is 4.06. The number of rotatable bonds is 1. The molecule has 1 aromatic carbocycles. The number of benzene rings is 1. The molecule has 0 amide bonds. The van der Waals surface area contributed by atoms with Gasteiger partial charge in [-0.05, 0) is 18.6 Å². The minimum Gasteiger partial charge on any atom is -0.237 e. The molecule has 0 atom stereocenters. The molecule has 1 heterocycles. The molecule has 0 spiro atoms. The summed E-state index contributed by atoms with van der Waals surface area (Å²) in [6, 6.07) is 8.03. The second-order valence-corrected chi connectivity index (χ2v) is 3.91. The number of nitrogens with zero attached hydrogens (tertiary/aromatic N) is 3. The van der Waals surface area contributed by atoms with Crippen LogP contribution < -0.4 is 4.57 Å². The van der Waals surface area contributed by atoms with Crippen LogP contribution in [0.3, 0.4) is 0 Å². The highest BCUT2D eigenvalue weighted by atomic mass is 15.1. The van der Waals surface area contributed by atoms with Crippen LogP contribution in [0.15, 0.2) is 30.6 Å². The fourth-order valence-corrected chi connectivity index (χ4v) is 1.86. The second-order valence-electron chi connectivity index (χ2n) is 3.91. The molecule has 16 heavy (non-hydrogen) atoms. The van der Waals surface area contributed by atoms with Crippen molar-refractivity contribution in [3.63, 3.8) is 0 Å². The first-order valence-electron chi connectivity index (χ1n) is 5.19. The third-order valence-corrected chi connectivity index (χ3v) is 2.90. The first-order valence-corrected chi connectivity index (χ1v) is 5.19. The zero-order chi connectivity index (χ0) is 11.7. The van der Waals surface area contributed by atoms with E-state index < -0.39 is 0 Å². The van der Waals surface area contributed by atoms with Gasteiger partial charge in [-0.15, -0.1) is 0 Å². The van der Waals surface area contributed by atoms with Gasteiger partial charge in [-0.3, -0.25) is 0 Å². The second kappa shape index (κ2) is 3.82. The van der Waals surface area contributed by atoms with Gasteiger partial charge in [-0.2, -0.15) is 9.83 Å². The average molecular weight is 212 g/mol. The van der Waals surface area contributed by atoms with E-state index in [0.717, 1.165) is 17.1 Å². The van der Waals surface area contributed by atoms with Crippen molar-refractivity contribution in [3.05, 3.63) is 47.5 Å². The maximum atomic E-state index is 9.13. The van der Waals surface area contributed by atoms with E-state index in [1.807, 2.05) is 60.6 Å². The summed E-state index contributed by atoms with van der Waals surface area (Å²) in [7, 11) is 2.00. The fourth-order valence-electron chi connectivity index (χ4n) is 1.86. The molecule has 0 aliphatic heterocycles. The number of hydrogen-bond acceptors (Lipinski definition) is 1. The van der Waals surface area contributed by atoms with Gasteiger partial charge in [-0.25, -0.2) is 4.57 Å². The predicted octanol–water partition coefficient (Wildman–Crippen LogP) is 1.79. The van der Waals surface area contributed by atoms with Gasteiger partial charge in [0, 0.05) is 6.92 Å². The first kappa shape index (κ1) is 10.4. The molecular weight excluding hydrogens is 198 g/mol. The molecule has 0 radical (unpaired) electrons. The minimum absolute atomic E-state index is 0.708. The lowest BCUT2D eigenvalue weighted by molar-refractivity contribution is -0.677. The van der Waals surface area contributed by atoms with Crippen molar-refractivity contribution in [2.24, 2.45) is 7.05 Å². The number of nitriles is 1. The van der Waals surface area contributed by atoms with Crippen LogP contribution in [0, 0.1) is 25.2 Å². The normalized spacial score (nSPS) is 10.1. The van der Waals surface area contributed by atoms with E-state index in [4.69, 9.17) is 5.26 Å². The van der Waals surface area contributed by atoms with Crippen molar-refractivity contribution < 1.29 is 4.57 Å². The molecule has 0 bridgehead atoms. The molecule has 0 saturated carbocycles. The molecule has 0 fully saturated rings. The van der Waals surface area contributed by atoms with Crippen LogP contribution in [0.1, 0.15) is 17.0 Å². The lowest BCUT2D eigenvalue weighted by atomic mass is 10.1. The molecule has 0 aliphatic rings. The molecule has 1 aromatic heterocycles. The van der Waals surface area contributed by atoms with E-state index in [1.165, 1.54) is 0 Å². The Bertz CT molecular complexity index is 573. The van der Waals surface area contributed by atoms with Crippen molar-refractivity contribution in [2.45, 2.75) is 13.8 Å². The van der Waals surface area contributed by atoms with Crippen molar-refractivity contribution in [1.82, 2.24) is 4.57 Å². The van der Waals surface area contributed by atoms with E-state index in [0.29, 0.717) is 5.56 Å². The summed E-state index contributed by atoms with van der Waals surface area (Å²) >= 11 is 0. The van der Waals surface area contributed by atoms with Crippen LogP contribution in [0.4, 0.5) is 0 Å². The molecule has 3 nitrogen and oxygen atoms in total. The summed E-state index contributed by atoms with van der Waals surface area (Å²) in [5.74, 6) is 1.10. The van der Waals surface area contributed by atoms with Gasteiger partial charge in [0.15, 0.2) is 5.69 Å². The minimum atomic E-state index is 0.708. The van der Waals surface area contributed by atoms with Crippen molar-refractivity contribution in [3.8, 4) is 11.8 Å². The molecule has 0 unspecified atom stereocenters. The van der Waals surface area contributed by atoms with E-state index in [9.17, 15) is 0 Å². The molecule has 0 saturated heterocycles. The van der Waals surface area contributed by atoms with Crippen LogP contribution in [0.5, 0.6) is 0 Å². The molecule has 3 heteroatoms. The van der Waals surface area contributed by atoms with Gasteiger partial charge in [0.25, 0.3) is 5.82 Å². The molecule has 2 rings (SSSR count). The monoisotopic (exact) mass is 212 g/mol. The van der Waals surface area contributed by atoms with Gasteiger partial charge in [0.1, 0.15) is 18.5 Å². The lowest BCUT2D eigenvalue weighted by Crippen LogP contribution is -2.29. The fraction of sp³-hybridized carbons (Fsp3) is 0.231. The molecule has 0 aliphatic carbocycles. The smallest absolute Gasteiger partial charge is 0.237 e. The topological polar surface area (TPSA) is 32.6 Å². The van der Waals surface area contributed by atoms with E-state index >= 15 is 0 Å². The summed E-state index contributed by atoms with van der Waals surface area (Å²) in [5.41, 5.74) is 2.79. The number of aromatic nitrogens is 2. The highest BCUT2D eigenvalue weighted by Crippen LogP contribution is 2.19. The van der Waals surface area contributed by atoms with Crippen molar-refractivity contribution in [2.75, 3.05) is 0 Å². The lowest BCUT2D eigenvalue weighted by Gasteiger charge is -2.04. The Morgan fingerprint density at radius 3 is 2.62 bits per heavy atom. The number of hydrogen-bond donors (Lipinski definition) is 0. The van der Waals surface area contributed by atoms with Gasteiger partial charge < -0.3 is 0 Å². The standard InChI is InChI=1S/C13H14N3/c1-10-5-4-6-12(9-14)13(10)16-8-7-15(3)11(16)2/h4-8H,1-3H3/q+1. The van der Waals surface area contributed by atoms with Crippen molar-refractivity contribution in [1.29, 1.82) is 5.26 Å². The first-order chi connectivity index (χ1) is 7.65. The van der Waals surface area contributed by atoms with Crippen molar-refractivity contribution >= 4 is 0 Å². The maximum Gasteiger partial charge on any atom is 0.258 e. The quantitative estimate of drug-likeness (QED) is 0.663. The van der Waals surface area contributed by atoms with Crippen LogP contribution in [-0.2, 0) is 7.05 Å². The van der Waals surface area contributed by atoms with Crippen LogP contribution in [0.25, 0.3) is 5.69 Å². The Morgan fingerprint density at radius 1 is 1.31 bits per heavy atom. The van der Waals surface area contributed by atoms with Gasteiger partial charge >= 0.3 is 0 Å². The maximum absolute atomic E-state index is 9.13. The Morgan fingerprint density at radius 2 is 2.06 bits per heavy atom. The summed E-state index contributed by atoms with van der Waals surface area (Å²) < 4.78 is 4.08. The van der Waals surface area contributed by atoms with Gasteiger partial charge in [0.05, 0.1) is 12.6 Å². The summed E-state index contributed by atoms with van der Waals surface area (Å²) in [6.07, 6.45) is 3.97. The zero-order valence-electron chi connectivity index (χ0n) is 9.73. The largest absolute Gasteiger partial charge is 0.258 e. The van der Waals surface area contributed by atoms with E-state index in [1.54, 1.807) is 0 Å². The average Bonchev–Trinajstić information content (AvgIpc) is 2.60. The highest BCUT2D eigenvalue weighted by Gasteiger charge is 2.17. The Hall–Kier alpha value is -2.08. The SMILES string of the molecule is Cc1cccc(C#N)c1-n1cc[n+](C)c1C. The summed E-state index contributed by atoms with van der Waals surface area (Å²) in [4.78, 5) is 0. The van der Waals surface area contributed by atoms with E-state index in [-0.39, 0.29) is 0 Å². The van der Waals surface area contributed by atoms with Crippen LogP contribution >= 0.6 is 0 Å². The van der Waals surface area contributed by atoms with Crippen LogP contribution in [-0.4, -0.2) is 4.57 Å². The van der Waals surface area contributed by atoms with E-state index in [2.05, 4.69) is 6.07 Å². The number of para-hydroxylation sites is 1. The highest BCUT2D eigenvalue weighted by molar-refractivity contribution is 5.53. The molecule has 80 valence electrons. The van der Waals surface area contributed by atoms with Gasteiger partial charge in [-0.1, -0.05) is 12.1 Å². The molecule has 2 aromatic rings. The predicted molar refractivity (Wildman–Crippen MR) is 61.1 cm³/mol. The molecular formula is C13H14N3+. The Labute approximate surface area is 95.2 Å². The zero-order valence-corrected chi connectivity index (χ0v) is 9.73. The number of imidazole rings is 1. The number of aryl methyl sites for hydroxylation is 2. The third-order valence-electron chi connectivity index (χ3n) is 2.90. The van der Waals surface area contributed by atoms with Crippen LogP contribution in [0.2, 0.25) is 0 Å². The summed E-state index contributed by atoms with van der Waals surface area (Å²) in [5, 5.41) is 9.13.